The summed E-state index contributed by atoms with van der Waals surface area (Å²) in [6, 6.07) is 2.65. The van der Waals surface area contributed by atoms with Crippen LogP contribution in [0, 0.1) is 0 Å². The fourth-order valence-electron chi connectivity index (χ4n) is 0.978. The van der Waals surface area contributed by atoms with Crippen LogP contribution in [0.3, 0.4) is 0 Å². The molecule has 0 aliphatic carbocycles. The predicted octanol–water partition coefficient (Wildman–Crippen LogP) is -0.268. The lowest BCUT2D eigenvalue weighted by Gasteiger charge is -2.09. The SMILES string of the molecule is NS(=O)(=O)c1ncccc1C(O)CF. The van der Waals surface area contributed by atoms with E-state index in [-0.39, 0.29) is 5.56 Å². The van der Waals surface area contributed by atoms with Crippen LogP contribution in [0.2, 0.25) is 0 Å². The van der Waals surface area contributed by atoms with Crippen LogP contribution in [0.4, 0.5) is 4.39 Å². The average Bonchev–Trinajstić information content (AvgIpc) is 2.15. The van der Waals surface area contributed by atoms with Gasteiger partial charge in [-0.3, -0.25) is 0 Å². The van der Waals surface area contributed by atoms with Crippen molar-refractivity contribution in [1.82, 2.24) is 4.98 Å². The third-order valence-corrected chi connectivity index (χ3v) is 2.46. The molecule has 0 bridgehead atoms. The van der Waals surface area contributed by atoms with Gasteiger partial charge >= 0.3 is 0 Å². The summed E-state index contributed by atoms with van der Waals surface area (Å²) in [6.07, 6.45) is -0.314. The van der Waals surface area contributed by atoms with Crippen LogP contribution >= 0.6 is 0 Å². The Morgan fingerprint density at radius 3 is 2.79 bits per heavy atom. The first kappa shape index (κ1) is 11.0. The topological polar surface area (TPSA) is 93.3 Å². The van der Waals surface area contributed by atoms with Gasteiger partial charge in [0.2, 0.25) is 0 Å². The highest BCUT2D eigenvalue weighted by atomic mass is 32.2. The van der Waals surface area contributed by atoms with Gasteiger partial charge in [-0.15, -0.1) is 0 Å². The highest BCUT2D eigenvalue weighted by Crippen LogP contribution is 2.19. The van der Waals surface area contributed by atoms with Gasteiger partial charge < -0.3 is 5.11 Å². The molecule has 0 aliphatic rings. The van der Waals surface area contributed by atoms with Crippen molar-refractivity contribution in [3.63, 3.8) is 0 Å². The minimum absolute atomic E-state index is 0.127. The van der Waals surface area contributed by atoms with E-state index >= 15 is 0 Å². The van der Waals surface area contributed by atoms with Gasteiger partial charge in [-0.05, 0) is 6.07 Å². The van der Waals surface area contributed by atoms with Gasteiger partial charge in [-0.25, -0.2) is 22.9 Å². The summed E-state index contributed by atoms with van der Waals surface area (Å²) in [5.41, 5.74) is -0.127. The maximum atomic E-state index is 12.1. The first-order valence-electron chi connectivity index (χ1n) is 3.68. The van der Waals surface area contributed by atoms with E-state index in [9.17, 15) is 12.8 Å². The van der Waals surface area contributed by atoms with Crippen LogP contribution < -0.4 is 5.14 Å². The van der Waals surface area contributed by atoms with E-state index in [1.54, 1.807) is 0 Å². The number of hydrogen-bond donors (Lipinski definition) is 2. The number of alkyl halides is 1. The maximum absolute atomic E-state index is 12.1. The summed E-state index contributed by atoms with van der Waals surface area (Å²) in [4.78, 5) is 3.48. The van der Waals surface area contributed by atoms with Crippen molar-refractivity contribution in [2.45, 2.75) is 11.1 Å². The number of aliphatic hydroxyl groups excluding tert-OH is 1. The number of primary sulfonamides is 1. The van der Waals surface area contributed by atoms with Crippen molar-refractivity contribution in [3.05, 3.63) is 23.9 Å². The molecule has 14 heavy (non-hydrogen) atoms. The Hall–Kier alpha value is -1.05. The van der Waals surface area contributed by atoms with Gasteiger partial charge in [0.1, 0.15) is 12.8 Å². The highest BCUT2D eigenvalue weighted by molar-refractivity contribution is 7.89. The second-order valence-electron chi connectivity index (χ2n) is 2.61. The predicted molar refractivity (Wildman–Crippen MR) is 46.5 cm³/mol. The van der Waals surface area contributed by atoms with E-state index in [1.165, 1.54) is 18.3 Å². The van der Waals surface area contributed by atoms with E-state index in [2.05, 4.69) is 4.98 Å². The number of halogens is 1. The molecule has 0 radical (unpaired) electrons. The molecular formula is C7H9FN2O3S. The Morgan fingerprint density at radius 2 is 2.29 bits per heavy atom. The van der Waals surface area contributed by atoms with Crippen LogP contribution in [0.5, 0.6) is 0 Å². The molecule has 3 N–H and O–H groups in total. The van der Waals surface area contributed by atoms with Gasteiger partial charge in [0.25, 0.3) is 10.0 Å². The number of aliphatic hydroxyl groups is 1. The second-order valence-corrected chi connectivity index (χ2v) is 4.09. The quantitative estimate of drug-likeness (QED) is 0.733. The fourth-order valence-corrected chi connectivity index (χ4v) is 1.72. The molecule has 1 rings (SSSR count). The monoisotopic (exact) mass is 220 g/mol. The van der Waals surface area contributed by atoms with Crippen LogP contribution in [-0.4, -0.2) is 25.2 Å². The van der Waals surface area contributed by atoms with Gasteiger partial charge in [0.05, 0.1) is 0 Å². The summed E-state index contributed by atoms with van der Waals surface area (Å²) in [6.45, 7) is -1.09. The number of pyridine rings is 1. The van der Waals surface area contributed by atoms with Gasteiger partial charge in [-0.1, -0.05) is 6.07 Å². The molecule has 1 aromatic heterocycles. The molecule has 0 spiro atoms. The Bertz CT molecular complexity index is 421. The summed E-state index contributed by atoms with van der Waals surface area (Å²) >= 11 is 0. The lowest BCUT2D eigenvalue weighted by molar-refractivity contribution is 0.138. The fraction of sp³-hybridized carbons (Fsp3) is 0.286. The van der Waals surface area contributed by atoms with Crippen LogP contribution in [0.25, 0.3) is 0 Å². The Balaban J connectivity index is 3.30. The number of hydrogen-bond acceptors (Lipinski definition) is 4. The van der Waals surface area contributed by atoms with Crippen LogP contribution in [0.1, 0.15) is 11.7 Å². The molecule has 1 atom stereocenters. The van der Waals surface area contributed by atoms with Gasteiger partial charge in [-0.2, -0.15) is 0 Å². The molecule has 0 saturated carbocycles. The molecule has 5 nitrogen and oxygen atoms in total. The van der Waals surface area contributed by atoms with Gasteiger partial charge in [0, 0.05) is 11.8 Å². The standard InChI is InChI=1S/C7H9FN2O3S/c8-4-6(11)5-2-1-3-10-7(5)14(9,12)13/h1-3,6,11H,4H2,(H2,9,12,13). The molecule has 0 saturated heterocycles. The summed E-state index contributed by atoms with van der Waals surface area (Å²) in [5, 5.41) is 13.5. The zero-order chi connectivity index (χ0) is 10.8. The molecule has 78 valence electrons. The number of rotatable bonds is 3. The Labute approximate surface area is 80.4 Å². The average molecular weight is 220 g/mol. The molecule has 1 heterocycles. The van der Waals surface area contributed by atoms with Crippen LogP contribution in [-0.2, 0) is 10.0 Å². The molecule has 0 amide bonds. The number of sulfonamides is 1. The van der Waals surface area contributed by atoms with Crippen molar-refractivity contribution in [3.8, 4) is 0 Å². The van der Waals surface area contributed by atoms with Crippen molar-refractivity contribution in [1.29, 1.82) is 0 Å². The molecule has 1 aromatic rings. The Morgan fingerprint density at radius 1 is 1.64 bits per heavy atom. The van der Waals surface area contributed by atoms with E-state index < -0.39 is 27.8 Å². The number of aromatic nitrogens is 1. The van der Waals surface area contributed by atoms with E-state index in [0.717, 1.165) is 0 Å². The van der Waals surface area contributed by atoms with E-state index in [4.69, 9.17) is 10.2 Å². The molecule has 7 heteroatoms. The third kappa shape index (κ3) is 2.25. The summed E-state index contributed by atoms with van der Waals surface area (Å²) in [7, 11) is -4.03. The highest BCUT2D eigenvalue weighted by Gasteiger charge is 2.20. The third-order valence-electron chi connectivity index (χ3n) is 1.58. The van der Waals surface area contributed by atoms with Crippen LogP contribution in [0.15, 0.2) is 23.4 Å². The zero-order valence-electron chi connectivity index (χ0n) is 7.09. The molecule has 1 unspecified atom stereocenters. The summed E-state index contributed by atoms with van der Waals surface area (Å²) in [5.74, 6) is 0. The van der Waals surface area contributed by atoms with Crippen molar-refractivity contribution < 1.29 is 17.9 Å². The zero-order valence-corrected chi connectivity index (χ0v) is 7.91. The number of nitrogens with two attached hydrogens (primary N) is 1. The molecule has 0 fully saturated rings. The smallest absolute Gasteiger partial charge is 0.255 e. The molecule has 0 aromatic carbocycles. The first-order chi connectivity index (χ1) is 6.46. The normalized spacial score (nSPS) is 13.9. The largest absolute Gasteiger partial charge is 0.386 e. The van der Waals surface area contributed by atoms with Crippen molar-refractivity contribution in [2.24, 2.45) is 5.14 Å². The van der Waals surface area contributed by atoms with Gasteiger partial charge in [0.15, 0.2) is 5.03 Å². The van der Waals surface area contributed by atoms with Crippen molar-refractivity contribution >= 4 is 10.0 Å². The molecule has 0 aliphatic heterocycles. The first-order valence-corrected chi connectivity index (χ1v) is 5.23. The minimum Gasteiger partial charge on any atom is -0.386 e. The minimum atomic E-state index is -4.03. The Kier molecular flexibility index (Phi) is 3.14. The molecular weight excluding hydrogens is 211 g/mol. The maximum Gasteiger partial charge on any atom is 0.255 e. The van der Waals surface area contributed by atoms with E-state index in [0.29, 0.717) is 0 Å². The van der Waals surface area contributed by atoms with E-state index in [1.807, 2.05) is 0 Å². The number of nitrogens with zero attached hydrogens (tertiary/aromatic N) is 1. The lowest BCUT2D eigenvalue weighted by Crippen LogP contribution is -2.18. The summed E-state index contributed by atoms with van der Waals surface area (Å²) < 4.78 is 34.0. The lowest BCUT2D eigenvalue weighted by atomic mass is 10.2. The second kappa shape index (κ2) is 3.99. The van der Waals surface area contributed by atoms with Crippen molar-refractivity contribution in [2.75, 3.05) is 6.67 Å².